The van der Waals surface area contributed by atoms with Crippen LogP contribution in [0.4, 0.5) is 0 Å². The highest BCUT2D eigenvalue weighted by Crippen LogP contribution is 2.41. The molecule has 0 saturated carbocycles. The van der Waals surface area contributed by atoms with Crippen LogP contribution in [-0.2, 0) is 11.3 Å². The third-order valence-electron chi connectivity index (χ3n) is 5.57. The van der Waals surface area contributed by atoms with E-state index < -0.39 is 23.5 Å². The van der Waals surface area contributed by atoms with Crippen LogP contribution >= 0.6 is 11.6 Å². The number of aliphatic hydroxyl groups excluding tert-OH is 1. The van der Waals surface area contributed by atoms with Gasteiger partial charge in [0.15, 0.2) is 11.5 Å². The Labute approximate surface area is 193 Å². The summed E-state index contributed by atoms with van der Waals surface area (Å²) in [6.07, 6.45) is 1.50. The normalized spacial score (nSPS) is 16.1. The smallest absolute Gasteiger partial charge is 0.290 e. The van der Waals surface area contributed by atoms with Crippen molar-refractivity contribution in [1.29, 1.82) is 0 Å². The first-order valence-corrected chi connectivity index (χ1v) is 10.5. The predicted molar refractivity (Wildman–Crippen MR) is 120 cm³/mol. The number of carbonyl (C=O) groups is 2. The van der Waals surface area contributed by atoms with Crippen molar-refractivity contribution in [2.45, 2.75) is 12.6 Å². The van der Waals surface area contributed by atoms with Crippen LogP contribution in [0.2, 0.25) is 5.02 Å². The molecule has 1 aliphatic rings. The molecule has 2 aromatic carbocycles. The zero-order valence-electron chi connectivity index (χ0n) is 17.4. The number of ketones is 1. The highest BCUT2D eigenvalue weighted by atomic mass is 35.5. The fourth-order valence-corrected chi connectivity index (χ4v) is 4.22. The molecule has 0 aliphatic carbocycles. The van der Waals surface area contributed by atoms with Crippen LogP contribution in [0.25, 0.3) is 11.0 Å². The van der Waals surface area contributed by atoms with Gasteiger partial charge in [-0.3, -0.25) is 9.59 Å². The number of Topliss-reactive ketones (excluding diaryl/α,β-unsaturated/α-hetero) is 1. The van der Waals surface area contributed by atoms with Crippen molar-refractivity contribution in [3.63, 3.8) is 0 Å². The molecule has 1 atom stereocenters. The Hall–Kier alpha value is -3.97. The van der Waals surface area contributed by atoms with Crippen LogP contribution in [0.5, 0.6) is 5.75 Å². The summed E-state index contributed by atoms with van der Waals surface area (Å²) in [6.45, 7) is 0.0598. The van der Waals surface area contributed by atoms with Gasteiger partial charge in [-0.25, -0.2) is 0 Å². The first-order valence-electron chi connectivity index (χ1n) is 10.1. The van der Waals surface area contributed by atoms with E-state index in [0.29, 0.717) is 33.1 Å². The van der Waals surface area contributed by atoms with E-state index in [1.54, 1.807) is 60.7 Å². The fourth-order valence-electron chi connectivity index (χ4n) is 4.04. The number of ether oxygens (including phenoxy) is 1. The number of aliphatic hydroxyl groups is 1. The Kier molecular flexibility index (Phi) is 5.18. The van der Waals surface area contributed by atoms with E-state index in [2.05, 4.69) is 0 Å². The number of hydrogen-bond acceptors (Lipinski definition) is 6. The van der Waals surface area contributed by atoms with E-state index >= 15 is 0 Å². The summed E-state index contributed by atoms with van der Waals surface area (Å²) in [6, 6.07) is 16.1. The molecule has 8 heteroatoms. The number of rotatable bonds is 6. The van der Waals surface area contributed by atoms with E-state index in [-0.39, 0.29) is 17.9 Å². The molecule has 4 aromatic rings. The SMILES string of the molecule is COc1cccc(C2C(C(=O)c3cc4cc(Cl)ccc4o3)=C(O)C(=O)N2Cc2ccco2)c1. The van der Waals surface area contributed by atoms with Gasteiger partial charge in [0, 0.05) is 10.4 Å². The van der Waals surface area contributed by atoms with Crippen LogP contribution in [0.1, 0.15) is 27.9 Å². The second-order valence-electron chi connectivity index (χ2n) is 7.58. The van der Waals surface area contributed by atoms with E-state index in [9.17, 15) is 14.7 Å². The average molecular weight is 464 g/mol. The topological polar surface area (TPSA) is 93.1 Å². The Bertz CT molecular complexity index is 1400. The summed E-state index contributed by atoms with van der Waals surface area (Å²) in [4.78, 5) is 28.0. The quantitative estimate of drug-likeness (QED) is 0.381. The molecule has 3 heterocycles. The van der Waals surface area contributed by atoms with Crippen LogP contribution in [0.15, 0.2) is 87.1 Å². The number of benzene rings is 2. The molecule has 1 aliphatic heterocycles. The van der Waals surface area contributed by atoms with Crippen molar-refractivity contribution < 1.29 is 28.3 Å². The van der Waals surface area contributed by atoms with E-state index in [1.165, 1.54) is 18.3 Å². The predicted octanol–water partition coefficient (Wildman–Crippen LogP) is 5.47. The molecular formula is C25H18ClNO6. The van der Waals surface area contributed by atoms with Gasteiger partial charge < -0.3 is 23.6 Å². The Balaban J connectivity index is 1.61. The first-order chi connectivity index (χ1) is 16.0. The average Bonchev–Trinajstić information content (AvgIpc) is 3.54. The zero-order chi connectivity index (χ0) is 23.1. The molecule has 7 nitrogen and oxygen atoms in total. The van der Waals surface area contributed by atoms with Gasteiger partial charge in [-0.2, -0.15) is 0 Å². The van der Waals surface area contributed by atoms with Crippen LogP contribution in [-0.4, -0.2) is 28.8 Å². The van der Waals surface area contributed by atoms with Gasteiger partial charge in [0.1, 0.15) is 17.1 Å². The number of fused-ring (bicyclic) bond motifs is 1. The van der Waals surface area contributed by atoms with Crippen molar-refractivity contribution >= 4 is 34.3 Å². The molecular weight excluding hydrogens is 446 g/mol. The summed E-state index contributed by atoms with van der Waals surface area (Å²) in [5.74, 6) is -0.845. The minimum atomic E-state index is -0.873. The lowest BCUT2D eigenvalue weighted by molar-refractivity contribution is -0.130. The van der Waals surface area contributed by atoms with Gasteiger partial charge in [0.2, 0.25) is 5.78 Å². The largest absolute Gasteiger partial charge is 0.503 e. The second-order valence-corrected chi connectivity index (χ2v) is 8.01. The highest BCUT2D eigenvalue weighted by molar-refractivity contribution is 6.31. The molecule has 0 radical (unpaired) electrons. The van der Waals surface area contributed by atoms with Crippen molar-refractivity contribution in [2.24, 2.45) is 0 Å². The minimum Gasteiger partial charge on any atom is -0.503 e. The lowest BCUT2D eigenvalue weighted by Gasteiger charge is -2.26. The molecule has 1 amide bonds. The summed E-state index contributed by atoms with van der Waals surface area (Å²) < 4.78 is 16.5. The van der Waals surface area contributed by atoms with E-state index in [0.717, 1.165) is 0 Å². The molecule has 2 aromatic heterocycles. The summed E-state index contributed by atoms with van der Waals surface area (Å²) in [7, 11) is 1.53. The summed E-state index contributed by atoms with van der Waals surface area (Å²) in [5.41, 5.74) is 0.989. The maximum Gasteiger partial charge on any atom is 0.290 e. The molecule has 33 heavy (non-hydrogen) atoms. The van der Waals surface area contributed by atoms with Crippen molar-refractivity contribution in [2.75, 3.05) is 7.11 Å². The standard InChI is InChI=1S/C25H18ClNO6/c1-31-17-5-2-4-14(11-17)22-21(24(29)25(30)27(22)13-18-6-3-9-32-18)23(28)20-12-15-10-16(26)7-8-19(15)33-20/h2-12,22,29H,13H2,1H3. The molecule has 1 N–H and O–H groups in total. The number of hydrogen-bond donors (Lipinski definition) is 1. The van der Waals surface area contributed by atoms with Gasteiger partial charge in [-0.05, 0) is 54.1 Å². The first kappa shape index (κ1) is 20.9. The van der Waals surface area contributed by atoms with Gasteiger partial charge in [0.05, 0.1) is 31.5 Å². The number of carbonyl (C=O) groups excluding carboxylic acids is 2. The number of halogens is 1. The Morgan fingerprint density at radius 2 is 2.00 bits per heavy atom. The van der Waals surface area contributed by atoms with Gasteiger partial charge in [-0.1, -0.05) is 23.7 Å². The minimum absolute atomic E-state index is 0.00522. The van der Waals surface area contributed by atoms with Gasteiger partial charge >= 0.3 is 0 Å². The Morgan fingerprint density at radius 1 is 1.15 bits per heavy atom. The fraction of sp³-hybridized carbons (Fsp3) is 0.120. The number of amides is 1. The van der Waals surface area contributed by atoms with Gasteiger partial charge in [-0.15, -0.1) is 0 Å². The molecule has 0 fully saturated rings. The lowest BCUT2D eigenvalue weighted by atomic mass is 9.94. The molecule has 0 saturated heterocycles. The van der Waals surface area contributed by atoms with Crippen molar-refractivity contribution in [1.82, 2.24) is 4.90 Å². The number of methoxy groups -OCH3 is 1. The zero-order valence-corrected chi connectivity index (χ0v) is 18.2. The lowest BCUT2D eigenvalue weighted by Crippen LogP contribution is -2.30. The molecule has 1 unspecified atom stereocenters. The van der Waals surface area contributed by atoms with E-state index in [4.69, 9.17) is 25.2 Å². The maximum absolute atomic E-state index is 13.6. The van der Waals surface area contributed by atoms with Crippen molar-refractivity contribution in [3.05, 3.63) is 100 Å². The van der Waals surface area contributed by atoms with Gasteiger partial charge in [0.25, 0.3) is 5.91 Å². The molecule has 0 bridgehead atoms. The van der Waals surface area contributed by atoms with E-state index in [1.807, 2.05) is 0 Å². The van der Waals surface area contributed by atoms with Crippen LogP contribution in [0, 0.1) is 0 Å². The highest BCUT2D eigenvalue weighted by Gasteiger charge is 2.45. The van der Waals surface area contributed by atoms with Crippen LogP contribution in [0.3, 0.4) is 0 Å². The third-order valence-corrected chi connectivity index (χ3v) is 5.80. The third kappa shape index (κ3) is 3.66. The summed E-state index contributed by atoms with van der Waals surface area (Å²) >= 11 is 6.05. The molecule has 0 spiro atoms. The maximum atomic E-state index is 13.6. The number of furan rings is 2. The van der Waals surface area contributed by atoms with Crippen LogP contribution < -0.4 is 4.74 Å². The van der Waals surface area contributed by atoms with Crippen molar-refractivity contribution in [3.8, 4) is 5.75 Å². The summed E-state index contributed by atoms with van der Waals surface area (Å²) in [5, 5.41) is 11.9. The number of nitrogens with zero attached hydrogens (tertiary/aromatic N) is 1. The second kappa shape index (κ2) is 8.18. The molecule has 5 rings (SSSR count). The molecule has 166 valence electrons. The Morgan fingerprint density at radius 3 is 2.76 bits per heavy atom. The monoisotopic (exact) mass is 463 g/mol.